The molecule has 0 unspecified atom stereocenters. The normalized spacial score (nSPS) is 12.2. The van der Waals surface area contributed by atoms with Crippen LogP contribution >= 0.6 is 0 Å². The molecule has 28 heavy (non-hydrogen) atoms. The van der Waals surface area contributed by atoms with Gasteiger partial charge in [-0.25, -0.2) is 4.79 Å². The molecule has 152 valence electrons. The van der Waals surface area contributed by atoms with Crippen molar-refractivity contribution in [1.82, 2.24) is 5.32 Å². The van der Waals surface area contributed by atoms with Gasteiger partial charge in [-0.05, 0) is 42.5 Å². The smallest absolute Gasteiger partial charge is 0.416 e. The first-order valence-corrected chi connectivity index (χ1v) is 8.45. The van der Waals surface area contributed by atoms with Gasteiger partial charge in [-0.2, -0.15) is 13.2 Å². The van der Waals surface area contributed by atoms with E-state index in [0.29, 0.717) is 5.69 Å². The Bertz CT molecular complexity index is 780. The van der Waals surface area contributed by atoms with Crippen LogP contribution in [-0.4, -0.2) is 44.5 Å². The van der Waals surface area contributed by atoms with Crippen LogP contribution in [0, 0.1) is 0 Å². The molecule has 0 spiro atoms. The second-order valence-corrected chi connectivity index (χ2v) is 6.27. The number of anilines is 2. The van der Waals surface area contributed by atoms with E-state index >= 15 is 0 Å². The molecule has 0 heterocycles. The standard InChI is InChI=1S/C19H22F3N3O3/c1-25(2)15-8-6-14(7-9-15)24-18(27)23-11-16(26)12-28-17-5-3-4-13(10-17)19(20,21)22/h3-10,16,26H,11-12H2,1-2H3,(H2,23,24,27)/t16-/m1/s1. The lowest BCUT2D eigenvalue weighted by molar-refractivity contribution is -0.137. The van der Waals surface area contributed by atoms with Crippen molar-refractivity contribution in [3.05, 3.63) is 54.1 Å². The lowest BCUT2D eigenvalue weighted by atomic mass is 10.2. The maximum atomic E-state index is 12.7. The Balaban J connectivity index is 1.76. The molecule has 2 amide bonds. The van der Waals surface area contributed by atoms with E-state index in [1.54, 1.807) is 12.1 Å². The van der Waals surface area contributed by atoms with Gasteiger partial charge in [0.2, 0.25) is 0 Å². The van der Waals surface area contributed by atoms with Gasteiger partial charge in [0.15, 0.2) is 0 Å². The Morgan fingerprint density at radius 3 is 2.46 bits per heavy atom. The summed E-state index contributed by atoms with van der Waals surface area (Å²) >= 11 is 0. The Kier molecular flexibility index (Phi) is 7.11. The number of aliphatic hydroxyl groups excluding tert-OH is 1. The number of hydrogen-bond acceptors (Lipinski definition) is 4. The molecule has 0 saturated carbocycles. The Morgan fingerprint density at radius 2 is 1.86 bits per heavy atom. The number of ether oxygens (including phenoxy) is 1. The maximum Gasteiger partial charge on any atom is 0.416 e. The summed E-state index contributed by atoms with van der Waals surface area (Å²) in [5, 5.41) is 14.9. The minimum atomic E-state index is -4.47. The van der Waals surface area contributed by atoms with Crippen LogP contribution in [-0.2, 0) is 6.18 Å². The Hall–Kier alpha value is -2.94. The quantitative estimate of drug-likeness (QED) is 0.670. The summed E-state index contributed by atoms with van der Waals surface area (Å²) in [5.74, 6) is -0.0145. The molecule has 3 N–H and O–H groups in total. The number of amides is 2. The number of nitrogens with zero attached hydrogens (tertiary/aromatic N) is 1. The molecule has 0 aliphatic carbocycles. The van der Waals surface area contributed by atoms with Crippen molar-refractivity contribution in [2.75, 3.05) is 37.5 Å². The molecule has 2 aromatic carbocycles. The summed E-state index contributed by atoms with van der Waals surface area (Å²) < 4.78 is 43.1. The summed E-state index contributed by atoms with van der Waals surface area (Å²) in [7, 11) is 3.80. The number of aliphatic hydroxyl groups is 1. The monoisotopic (exact) mass is 397 g/mol. The topological polar surface area (TPSA) is 73.8 Å². The van der Waals surface area contributed by atoms with E-state index in [4.69, 9.17) is 4.74 Å². The molecule has 0 fully saturated rings. The van der Waals surface area contributed by atoms with Crippen molar-refractivity contribution in [2.24, 2.45) is 0 Å². The molecule has 2 aromatic rings. The highest BCUT2D eigenvalue weighted by atomic mass is 19.4. The van der Waals surface area contributed by atoms with E-state index in [-0.39, 0.29) is 18.9 Å². The third-order valence-corrected chi connectivity index (χ3v) is 3.74. The van der Waals surface area contributed by atoms with E-state index < -0.39 is 23.9 Å². The summed E-state index contributed by atoms with van der Waals surface area (Å²) in [5.41, 5.74) is 0.725. The number of halogens is 3. The van der Waals surface area contributed by atoms with Gasteiger partial charge in [0.25, 0.3) is 0 Å². The molecule has 2 rings (SSSR count). The Morgan fingerprint density at radius 1 is 1.18 bits per heavy atom. The lowest BCUT2D eigenvalue weighted by Gasteiger charge is -2.15. The van der Waals surface area contributed by atoms with Gasteiger partial charge in [-0.15, -0.1) is 0 Å². The van der Waals surface area contributed by atoms with Crippen molar-refractivity contribution in [2.45, 2.75) is 12.3 Å². The summed E-state index contributed by atoms with van der Waals surface area (Å²) in [4.78, 5) is 13.8. The van der Waals surface area contributed by atoms with E-state index in [1.165, 1.54) is 12.1 Å². The highest BCUT2D eigenvalue weighted by molar-refractivity contribution is 5.89. The molecule has 0 bridgehead atoms. The molecule has 0 aliphatic rings. The van der Waals surface area contributed by atoms with Gasteiger partial charge in [-0.1, -0.05) is 6.07 Å². The molecular weight excluding hydrogens is 375 g/mol. The second kappa shape index (κ2) is 9.32. The first-order chi connectivity index (χ1) is 13.1. The molecule has 0 saturated heterocycles. The van der Waals surface area contributed by atoms with Gasteiger partial charge in [0.05, 0.1) is 5.56 Å². The van der Waals surface area contributed by atoms with Crippen molar-refractivity contribution in [3.63, 3.8) is 0 Å². The average Bonchev–Trinajstić information content (AvgIpc) is 2.64. The summed E-state index contributed by atoms with van der Waals surface area (Å²) in [6.07, 6.45) is -5.56. The van der Waals surface area contributed by atoms with Crippen molar-refractivity contribution >= 4 is 17.4 Å². The molecule has 6 nitrogen and oxygen atoms in total. The molecule has 0 radical (unpaired) electrons. The number of carbonyl (C=O) groups excluding carboxylic acids is 1. The number of hydrogen-bond donors (Lipinski definition) is 3. The minimum Gasteiger partial charge on any atom is -0.491 e. The second-order valence-electron chi connectivity index (χ2n) is 6.27. The molecule has 0 aliphatic heterocycles. The van der Waals surface area contributed by atoms with Crippen molar-refractivity contribution in [3.8, 4) is 5.75 Å². The number of nitrogens with one attached hydrogen (secondary N) is 2. The van der Waals surface area contributed by atoms with Gasteiger partial charge in [-0.3, -0.25) is 0 Å². The summed E-state index contributed by atoms with van der Waals surface area (Å²) in [6, 6.07) is 11.0. The van der Waals surface area contributed by atoms with Crippen LogP contribution in [0.3, 0.4) is 0 Å². The first-order valence-electron chi connectivity index (χ1n) is 8.45. The number of benzene rings is 2. The van der Waals surface area contributed by atoms with E-state index in [0.717, 1.165) is 17.8 Å². The van der Waals surface area contributed by atoms with Crippen LogP contribution < -0.4 is 20.3 Å². The SMILES string of the molecule is CN(C)c1ccc(NC(=O)NC[C@@H](O)COc2cccc(C(F)(F)F)c2)cc1. The fraction of sp³-hybridized carbons (Fsp3) is 0.316. The van der Waals surface area contributed by atoms with E-state index in [1.807, 2.05) is 31.1 Å². The van der Waals surface area contributed by atoms with Crippen molar-refractivity contribution < 1.29 is 27.8 Å². The number of urea groups is 1. The Labute approximate surface area is 160 Å². The first kappa shape index (κ1) is 21.4. The van der Waals surface area contributed by atoms with Crippen LogP contribution in [0.1, 0.15) is 5.56 Å². The van der Waals surface area contributed by atoms with Crippen LogP contribution in [0.4, 0.5) is 29.3 Å². The number of alkyl halides is 3. The zero-order valence-electron chi connectivity index (χ0n) is 15.5. The van der Waals surface area contributed by atoms with E-state index in [2.05, 4.69) is 10.6 Å². The predicted molar refractivity (Wildman–Crippen MR) is 101 cm³/mol. The zero-order chi connectivity index (χ0) is 20.7. The van der Waals surface area contributed by atoms with Crippen LogP contribution in [0.15, 0.2) is 48.5 Å². The van der Waals surface area contributed by atoms with Gasteiger partial charge >= 0.3 is 12.2 Å². The molecule has 0 aromatic heterocycles. The van der Waals surface area contributed by atoms with Crippen LogP contribution in [0.5, 0.6) is 5.75 Å². The van der Waals surface area contributed by atoms with E-state index in [9.17, 15) is 23.1 Å². The zero-order valence-corrected chi connectivity index (χ0v) is 15.5. The number of rotatable bonds is 7. The molecule has 1 atom stereocenters. The molecular formula is C19H22F3N3O3. The number of carbonyl (C=O) groups is 1. The third kappa shape index (κ3) is 6.66. The predicted octanol–water partition coefficient (Wildman–Crippen LogP) is 3.33. The highest BCUT2D eigenvalue weighted by Gasteiger charge is 2.30. The van der Waals surface area contributed by atoms with Crippen LogP contribution in [0.25, 0.3) is 0 Å². The average molecular weight is 397 g/mol. The fourth-order valence-corrected chi connectivity index (χ4v) is 2.24. The highest BCUT2D eigenvalue weighted by Crippen LogP contribution is 2.31. The molecule has 9 heteroatoms. The lowest BCUT2D eigenvalue weighted by Crippen LogP contribution is -2.37. The maximum absolute atomic E-state index is 12.7. The largest absolute Gasteiger partial charge is 0.491 e. The van der Waals surface area contributed by atoms with Gasteiger partial charge in [0, 0.05) is 32.0 Å². The van der Waals surface area contributed by atoms with Crippen molar-refractivity contribution in [1.29, 1.82) is 0 Å². The van der Waals surface area contributed by atoms with Gasteiger partial charge in [0.1, 0.15) is 18.5 Å². The van der Waals surface area contributed by atoms with Crippen LogP contribution in [0.2, 0.25) is 0 Å². The third-order valence-electron chi connectivity index (χ3n) is 3.74. The summed E-state index contributed by atoms with van der Waals surface area (Å²) in [6.45, 7) is -0.389. The van der Waals surface area contributed by atoms with Gasteiger partial charge < -0.3 is 25.4 Å². The fourth-order valence-electron chi connectivity index (χ4n) is 2.24. The minimum absolute atomic E-state index is 0.0145.